The van der Waals surface area contributed by atoms with Crippen LogP contribution in [0.25, 0.3) is 0 Å². The summed E-state index contributed by atoms with van der Waals surface area (Å²) in [6.45, 7) is 0. The summed E-state index contributed by atoms with van der Waals surface area (Å²) in [6, 6.07) is 4.60. The molecule has 1 aromatic carbocycles. The van der Waals surface area contributed by atoms with Crippen LogP contribution in [0.5, 0.6) is 0 Å². The third kappa shape index (κ3) is 1.92. The van der Waals surface area contributed by atoms with E-state index in [0.717, 1.165) is 5.56 Å². The van der Waals surface area contributed by atoms with E-state index in [4.69, 9.17) is 35.4 Å². The number of nitrogens with two attached hydrogens (primary N) is 1. The van der Waals surface area contributed by atoms with E-state index in [1.54, 1.807) is 18.2 Å². The van der Waals surface area contributed by atoms with Gasteiger partial charge in [-0.05, 0) is 17.7 Å². The first-order chi connectivity index (χ1) is 5.65. The van der Waals surface area contributed by atoms with E-state index in [1.165, 1.54) is 0 Å². The fraction of sp³-hybridized carbons (Fsp3) is 0.111. The fourth-order valence-corrected chi connectivity index (χ4v) is 1.37. The van der Waals surface area contributed by atoms with Crippen molar-refractivity contribution in [1.82, 2.24) is 0 Å². The van der Waals surface area contributed by atoms with E-state index < -0.39 is 6.04 Å². The van der Waals surface area contributed by atoms with Gasteiger partial charge < -0.3 is 5.73 Å². The number of benzene rings is 1. The Labute approximate surface area is 81.5 Å². The normalized spacial score (nSPS) is 12.2. The molecular formula is C9H7Cl2N. The zero-order valence-corrected chi connectivity index (χ0v) is 7.73. The summed E-state index contributed by atoms with van der Waals surface area (Å²) in [5.74, 6) is 2.39. The summed E-state index contributed by atoms with van der Waals surface area (Å²) in [5.41, 5.74) is 6.31. The van der Waals surface area contributed by atoms with Gasteiger partial charge in [-0.2, -0.15) is 0 Å². The molecule has 0 saturated heterocycles. The van der Waals surface area contributed by atoms with Gasteiger partial charge in [0.1, 0.15) is 0 Å². The molecule has 1 nitrogen and oxygen atoms in total. The average molecular weight is 200 g/mol. The van der Waals surface area contributed by atoms with Crippen molar-refractivity contribution in [2.75, 3.05) is 0 Å². The molecule has 0 amide bonds. The van der Waals surface area contributed by atoms with E-state index in [1.807, 2.05) is 0 Å². The summed E-state index contributed by atoms with van der Waals surface area (Å²) in [6.07, 6.45) is 5.14. The molecule has 0 aliphatic carbocycles. The van der Waals surface area contributed by atoms with Gasteiger partial charge in [0, 0.05) is 10.0 Å². The van der Waals surface area contributed by atoms with Crippen LogP contribution in [0.15, 0.2) is 18.2 Å². The molecule has 3 heteroatoms. The van der Waals surface area contributed by atoms with E-state index in [2.05, 4.69) is 5.92 Å². The summed E-state index contributed by atoms with van der Waals surface area (Å²) in [5, 5.41) is 1.08. The minimum absolute atomic E-state index is 0.463. The predicted molar refractivity (Wildman–Crippen MR) is 52.2 cm³/mol. The lowest BCUT2D eigenvalue weighted by molar-refractivity contribution is 0.947. The Morgan fingerprint density at radius 3 is 2.58 bits per heavy atom. The summed E-state index contributed by atoms with van der Waals surface area (Å²) in [4.78, 5) is 0. The maximum Gasteiger partial charge on any atom is 0.0932 e. The third-order valence-corrected chi connectivity index (χ3v) is 2.04. The highest BCUT2D eigenvalue weighted by atomic mass is 35.5. The second-order valence-electron chi connectivity index (χ2n) is 2.31. The molecule has 2 N–H and O–H groups in total. The van der Waals surface area contributed by atoms with E-state index in [9.17, 15) is 0 Å². The van der Waals surface area contributed by atoms with Gasteiger partial charge in [-0.1, -0.05) is 35.2 Å². The lowest BCUT2D eigenvalue weighted by Crippen LogP contribution is -2.07. The lowest BCUT2D eigenvalue weighted by Gasteiger charge is -2.06. The van der Waals surface area contributed by atoms with Gasteiger partial charge in [-0.3, -0.25) is 0 Å². The van der Waals surface area contributed by atoms with Crippen LogP contribution in [0.1, 0.15) is 11.6 Å². The van der Waals surface area contributed by atoms with Crippen molar-refractivity contribution in [3.8, 4) is 12.3 Å². The molecule has 1 aromatic rings. The highest BCUT2D eigenvalue weighted by Crippen LogP contribution is 2.24. The van der Waals surface area contributed by atoms with Crippen LogP contribution >= 0.6 is 23.2 Å². The van der Waals surface area contributed by atoms with Crippen molar-refractivity contribution >= 4 is 23.2 Å². The number of hydrogen-bond acceptors (Lipinski definition) is 1. The fourth-order valence-electron chi connectivity index (χ4n) is 0.844. The Balaban J connectivity index is 3.11. The van der Waals surface area contributed by atoms with E-state index in [-0.39, 0.29) is 0 Å². The van der Waals surface area contributed by atoms with Gasteiger partial charge in [0.05, 0.1) is 6.04 Å². The molecule has 0 bridgehead atoms. The Morgan fingerprint density at radius 1 is 1.42 bits per heavy atom. The van der Waals surface area contributed by atoms with Gasteiger partial charge in [0.2, 0.25) is 0 Å². The van der Waals surface area contributed by atoms with Crippen molar-refractivity contribution in [2.45, 2.75) is 6.04 Å². The van der Waals surface area contributed by atoms with Crippen LogP contribution in [0.3, 0.4) is 0 Å². The van der Waals surface area contributed by atoms with Crippen LogP contribution in [0.2, 0.25) is 10.0 Å². The first kappa shape index (κ1) is 9.41. The quantitative estimate of drug-likeness (QED) is 0.692. The van der Waals surface area contributed by atoms with Crippen LogP contribution in [-0.4, -0.2) is 0 Å². The average Bonchev–Trinajstić information content (AvgIpc) is 2.03. The molecule has 1 atom stereocenters. The minimum Gasteiger partial charge on any atom is -0.314 e. The molecule has 0 aliphatic heterocycles. The first-order valence-electron chi connectivity index (χ1n) is 3.32. The van der Waals surface area contributed by atoms with Crippen LogP contribution in [0, 0.1) is 12.3 Å². The van der Waals surface area contributed by atoms with Gasteiger partial charge in [-0.25, -0.2) is 0 Å². The van der Waals surface area contributed by atoms with Gasteiger partial charge in [0.15, 0.2) is 0 Å². The van der Waals surface area contributed by atoms with Crippen molar-refractivity contribution in [3.05, 3.63) is 33.8 Å². The van der Waals surface area contributed by atoms with Crippen molar-refractivity contribution in [2.24, 2.45) is 5.73 Å². The van der Waals surface area contributed by atoms with Crippen molar-refractivity contribution in [3.63, 3.8) is 0 Å². The Hall–Kier alpha value is -0.680. The van der Waals surface area contributed by atoms with Gasteiger partial charge in [0.25, 0.3) is 0 Å². The molecule has 0 aromatic heterocycles. The smallest absolute Gasteiger partial charge is 0.0932 e. The number of rotatable bonds is 1. The van der Waals surface area contributed by atoms with Gasteiger partial charge >= 0.3 is 0 Å². The molecule has 0 saturated carbocycles. The molecule has 0 heterocycles. The molecule has 1 rings (SSSR count). The zero-order chi connectivity index (χ0) is 9.14. The highest BCUT2D eigenvalue weighted by Gasteiger charge is 2.06. The lowest BCUT2D eigenvalue weighted by atomic mass is 10.1. The second-order valence-corrected chi connectivity index (χ2v) is 3.15. The number of terminal acetylenes is 1. The molecule has 0 fully saturated rings. The maximum atomic E-state index is 5.84. The Morgan fingerprint density at radius 2 is 2.08 bits per heavy atom. The third-order valence-electron chi connectivity index (χ3n) is 1.48. The summed E-state index contributed by atoms with van der Waals surface area (Å²) >= 11 is 11.5. The largest absolute Gasteiger partial charge is 0.314 e. The van der Waals surface area contributed by atoms with E-state index >= 15 is 0 Å². The molecule has 0 spiro atoms. The first-order valence-corrected chi connectivity index (χ1v) is 4.07. The SMILES string of the molecule is C#CC(N)c1ccc(Cl)cc1Cl. The monoisotopic (exact) mass is 199 g/mol. The molecule has 0 aliphatic rings. The molecule has 62 valence electrons. The Kier molecular flexibility index (Phi) is 2.99. The number of hydrogen-bond donors (Lipinski definition) is 1. The minimum atomic E-state index is -0.463. The molecule has 0 radical (unpaired) electrons. The van der Waals surface area contributed by atoms with Crippen LogP contribution in [0.4, 0.5) is 0 Å². The summed E-state index contributed by atoms with van der Waals surface area (Å²) < 4.78 is 0. The molecule has 12 heavy (non-hydrogen) atoms. The van der Waals surface area contributed by atoms with Crippen molar-refractivity contribution in [1.29, 1.82) is 0 Å². The Bertz CT molecular complexity index is 328. The van der Waals surface area contributed by atoms with Crippen molar-refractivity contribution < 1.29 is 0 Å². The van der Waals surface area contributed by atoms with E-state index in [0.29, 0.717) is 10.0 Å². The van der Waals surface area contributed by atoms with Crippen LogP contribution < -0.4 is 5.73 Å². The maximum absolute atomic E-state index is 5.84. The zero-order valence-electron chi connectivity index (χ0n) is 6.22. The standard InChI is InChI=1S/C9H7Cl2N/c1-2-9(12)7-4-3-6(10)5-8(7)11/h1,3-5,9H,12H2. The summed E-state index contributed by atoms with van der Waals surface area (Å²) in [7, 11) is 0. The highest BCUT2D eigenvalue weighted by molar-refractivity contribution is 6.35. The second kappa shape index (κ2) is 3.82. The molecular weight excluding hydrogens is 193 g/mol. The van der Waals surface area contributed by atoms with Gasteiger partial charge in [-0.15, -0.1) is 6.42 Å². The topological polar surface area (TPSA) is 26.0 Å². The predicted octanol–water partition coefficient (Wildman–Crippen LogP) is 2.63. The van der Waals surface area contributed by atoms with Crippen LogP contribution in [-0.2, 0) is 0 Å². The molecule has 1 unspecified atom stereocenters. The number of halogens is 2.